The average Bonchev–Trinajstić information content (AvgIpc) is 2.55. The highest BCUT2D eigenvalue weighted by atomic mass is 16.1. The minimum absolute atomic E-state index is 0.183. The molecule has 0 aliphatic heterocycles. The van der Waals surface area contributed by atoms with Crippen molar-refractivity contribution in [3.63, 3.8) is 0 Å². The smallest absolute Gasteiger partial charge is 0.195 e. The normalized spacial score (nSPS) is 13.5. The van der Waals surface area contributed by atoms with Crippen LogP contribution in [0, 0.1) is 0 Å². The molecule has 3 rings (SSSR count). The highest BCUT2D eigenvalue weighted by Crippen LogP contribution is 2.30. The first-order valence-corrected chi connectivity index (χ1v) is 8.01. The Hall–Kier alpha value is -2.01. The largest absolute Gasteiger partial charge is 0.353 e. The van der Waals surface area contributed by atoms with Gasteiger partial charge >= 0.3 is 0 Å². The van der Waals surface area contributed by atoms with Gasteiger partial charge in [0.2, 0.25) is 0 Å². The zero-order chi connectivity index (χ0) is 15.4. The molecule has 0 radical (unpaired) electrons. The van der Waals surface area contributed by atoms with Gasteiger partial charge in [0.1, 0.15) is 32.7 Å². The van der Waals surface area contributed by atoms with Gasteiger partial charge in [-0.3, -0.25) is 4.79 Å². The van der Waals surface area contributed by atoms with Crippen LogP contribution in [0.25, 0.3) is 16.8 Å². The molecule has 7 N–H and O–H groups in total. The summed E-state index contributed by atoms with van der Waals surface area (Å²) >= 11 is 0. The number of Topliss-reactive ketones (excluding diaryl/α,β-unsaturated/α-hetero) is 1. The molecule has 0 saturated heterocycles. The van der Waals surface area contributed by atoms with Gasteiger partial charge < -0.3 is 16.4 Å². The maximum atomic E-state index is 12.7. The third-order valence-corrected chi connectivity index (χ3v) is 4.15. The predicted octanol–water partition coefficient (Wildman–Crippen LogP) is -1.21. The van der Waals surface area contributed by atoms with Gasteiger partial charge in [0.25, 0.3) is 0 Å². The molecule has 4 heteroatoms. The van der Waals surface area contributed by atoms with Crippen molar-refractivity contribution in [1.29, 1.82) is 0 Å². The Morgan fingerprint density at radius 1 is 0.955 bits per heavy atom. The number of ketones is 1. The van der Waals surface area contributed by atoms with Crippen LogP contribution in [0.5, 0.6) is 0 Å². The van der Waals surface area contributed by atoms with E-state index < -0.39 is 0 Å². The Morgan fingerprint density at radius 3 is 2.55 bits per heavy atom. The van der Waals surface area contributed by atoms with Crippen LogP contribution in [0.1, 0.15) is 15.9 Å². The zero-order valence-electron chi connectivity index (χ0n) is 12.8. The van der Waals surface area contributed by atoms with Gasteiger partial charge in [-0.05, 0) is 17.0 Å². The molecule has 0 saturated carbocycles. The number of quaternary nitrogens is 3. The molecule has 2 aromatic rings. The Labute approximate surface area is 130 Å². The predicted molar refractivity (Wildman–Crippen MR) is 87.3 cm³/mol. The molecule has 4 nitrogen and oxygen atoms in total. The van der Waals surface area contributed by atoms with Gasteiger partial charge in [-0.25, -0.2) is 0 Å². The Morgan fingerprint density at radius 2 is 1.73 bits per heavy atom. The second-order valence-corrected chi connectivity index (χ2v) is 5.75. The van der Waals surface area contributed by atoms with E-state index in [1.165, 1.54) is 5.56 Å². The molecule has 22 heavy (non-hydrogen) atoms. The lowest BCUT2D eigenvalue weighted by Crippen LogP contribution is -2.96. The third kappa shape index (κ3) is 2.95. The number of hydrogen-bond donors (Lipinski definition) is 3. The summed E-state index contributed by atoms with van der Waals surface area (Å²) in [4.78, 5) is 12.7. The van der Waals surface area contributed by atoms with Crippen LogP contribution in [0.15, 0.2) is 42.0 Å². The van der Waals surface area contributed by atoms with Crippen molar-refractivity contribution in [1.82, 2.24) is 0 Å². The van der Waals surface area contributed by atoms with Gasteiger partial charge in [-0.1, -0.05) is 36.4 Å². The van der Waals surface area contributed by atoms with E-state index in [0.717, 1.165) is 54.6 Å². The molecule has 0 spiro atoms. The van der Waals surface area contributed by atoms with Crippen LogP contribution in [-0.4, -0.2) is 38.5 Å². The Balaban J connectivity index is 1.73. The van der Waals surface area contributed by atoms with E-state index in [9.17, 15) is 4.79 Å². The molecule has 1 aliphatic carbocycles. The van der Waals surface area contributed by atoms with Crippen molar-refractivity contribution in [3.05, 3.63) is 53.1 Å². The first-order chi connectivity index (χ1) is 10.8. The fraction of sp³-hybridized carbons (Fsp3) is 0.278. The summed E-state index contributed by atoms with van der Waals surface area (Å²) in [6.07, 6.45) is 2.06. The molecular weight excluding hydrogens is 274 g/mol. The second-order valence-electron chi connectivity index (χ2n) is 5.75. The first-order valence-electron chi connectivity index (χ1n) is 8.01. The lowest BCUT2D eigenvalue weighted by atomic mass is 9.88. The van der Waals surface area contributed by atoms with Gasteiger partial charge in [0, 0.05) is 10.9 Å². The maximum Gasteiger partial charge on any atom is 0.195 e. The number of benzene rings is 2. The summed E-state index contributed by atoms with van der Waals surface area (Å²) in [5.74, 6) is 0.183. The van der Waals surface area contributed by atoms with E-state index in [0.29, 0.717) is 0 Å². The van der Waals surface area contributed by atoms with Crippen LogP contribution < -0.4 is 16.4 Å². The van der Waals surface area contributed by atoms with Crippen LogP contribution in [0.2, 0.25) is 0 Å². The zero-order valence-corrected chi connectivity index (χ0v) is 12.8. The summed E-state index contributed by atoms with van der Waals surface area (Å²) in [7, 11) is 0. The van der Waals surface area contributed by atoms with Crippen molar-refractivity contribution < 1.29 is 21.2 Å². The molecule has 0 amide bonds. The van der Waals surface area contributed by atoms with E-state index in [1.54, 1.807) is 0 Å². The standard InChI is InChI=1S/C18H21N3O/c19-7-8-20-9-10-21-12-15-11-14-5-1-3-13-4-2-6-16(17(13)14)18(15)22/h1-6,11,20-21H,7-10,12,19H2/p+3. The topological polar surface area (TPSA) is 77.9 Å². The van der Waals surface area contributed by atoms with Gasteiger partial charge in [0.05, 0.1) is 5.57 Å². The summed E-state index contributed by atoms with van der Waals surface area (Å²) < 4.78 is 0. The van der Waals surface area contributed by atoms with E-state index in [4.69, 9.17) is 0 Å². The number of rotatable bonds is 7. The molecule has 1 aliphatic rings. The van der Waals surface area contributed by atoms with E-state index >= 15 is 0 Å². The number of nitrogens with two attached hydrogens (primary N) is 2. The highest BCUT2D eigenvalue weighted by molar-refractivity contribution is 6.22. The molecule has 0 heterocycles. The summed E-state index contributed by atoms with van der Waals surface area (Å²) in [6.45, 7) is 4.89. The summed E-state index contributed by atoms with van der Waals surface area (Å²) in [5.41, 5.74) is 6.75. The van der Waals surface area contributed by atoms with Crippen molar-refractivity contribution in [3.8, 4) is 0 Å². The van der Waals surface area contributed by atoms with E-state index in [1.807, 2.05) is 12.1 Å². The Kier molecular flexibility index (Phi) is 4.63. The van der Waals surface area contributed by atoms with Crippen LogP contribution in [0.4, 0.5) is 0 Å². The van der Waals surface area contributed by atoms with Crippen LogP contribution in [-0.2, 0) is 0 Å². The first kappa shape index (κ1) is 14.9. The van der Waals surface area contributed by atoms with Crippen molar-refractivity contribution in [2.45, 2.75) is 0 Å². The van der Waals surface area contributed by atoms with Crippen LogP contribution >= 0.6 is 0 Å². The SMILES string of the molecule is [NH3+]CC[NH2+]CC[NH2+]CC1=Cc2cccc3cccc(c23)C1=O. The van der Waals surface area contributed by atoms with Gasteiger partial charge in [-0.15, -0.1) is 0 Å². The van der Waals surface area contributed by atoms with Crippen molar-refractivity contribution >= 4 is 22.6 Å². The summed E-state index contributed by atoms with van der Waals surface area (Å²) in [5, 5.41) is 6.74. The summed E-state index contributed by atoms with van der Waals surface area (Å²) in [6, 6.07) is 12.2. The third-order valence-electron chi connectivity index (χ3n) is 4.15. The van der Waals surface area contributed by atoms with E-state index in [2.05, 4.69) is 46.7 Å². The molecule has 0 aromatic heterocycles. The van der Waals surface area contributed by atoms with Gasteiger partial charge in [0.15, 0.2) is 5.78 Å². The highest BCUT2D eigenvalue weighted by Gasteiger charge is 2.22. The molecular formula is C18H24N3O+3. The number of hydrogen-bond acceptors (Lipinski definition) is 1. The minimum atomic E-state index is 0.183. The fourth-order valence-corrected chi connectivity index (χ4v) is 3.04. The van der Waals surface area contributed by atoms with E-state index in [-0.39, 0.29) is 5.78 Å². The van der Waals surface area contributed by atoms with Gasteiger partial charge in [-0.2, -0.15) is 0 Å². The molecule has 0 fully saturated rings. The monoisotopic (exact) mass is 298 g/mol. The lowest BCUT2D eigenvalue weighted by molar-refractivity contribution is -0.725. The number of carbonyl (C=O) groups is 1. The quantitative estimate of drug-likeness (QED) is 0.551. The molecule has 0 bridgehead atoms. The van der Waals surface area contributed by atoms with Crippen LogP contribution in [0.3, 0.4) is 0 Å². The second kappa shape index (κ2) is 6.83. The fourth-order valence-electron chi connectivity index (χ4n) is 3.04. The lowest BCUT2D eigenvalue weighted by Gasteiger charge is -2.16. The molecule has 0 atom stereocenters. The molecule has 0 unspecified atom stereocenters. The molecule has 2 aromatic carbocycles. The van der Waals surface area contributed by atoms with Crippen molar-refractivity contribution in [2.75, 3.05) is 32.7 Å². The molecule has 114 valence electrons. The average molecular weight is 298 g/mol. The van der Waals surface area contributed by atoms with Crippen molar-refractivity contribution in [2.24, 2.45) is 0 Å². The maximum absolute atomic E-state index is 12.7. The minimum Gasteiger partial charge on any atom is -0.353 e. The Bertz CT molecular complexity index is 716. The number of carbonyl (C=O) groups excluding carboxylic acids is 1.